The molecule has 0 saturated heterocycles. The smallest absolute Gasteiger partial charge is 0.271 e. The first kappa shape index (κ1) is 12.8. The van der Waals surface area contributed by atoms with Gasteiger partial charge < -0.3 is 16.2 Å². The number of nitrogen functional groups attached to an aromatic ring is 1. The number of amides is 1. The summed E-state index contributed by atoms with van der Waals surface area (Å²) in [6.07, 6.45) is 3.84. The zero-order valence-electron chi connectivity index (χ0n) is 10.4. The van der Waals surface area contributed by atoms with Gasteiger partial charge >= 0.3 is 0 Å². The fraction of sp³-hybridized carbons (Fsp3) is 0.273. The maximum absolute atomic E-state index is 11.1. The van der Waals surface area contributed by atoms with E-state index in [9.17, 15) is 4.79 Å². The van der Waals surface area contributed by atoms with Gasteiger partial charge in [-0.15, -0.1) is 0 Å². The Labute approximate surface area is 109 Å². The Hall–Kier alpha value is -2.64. The lowest BCUT2D eigenvalue weighted by molar-refractivity contribution is 0.0996. The van der Waals surface area contributed by atoms with Crippen molar-refractivity contribution < 1.29 is 9.53 Å². The van der Waals surface area contributed by atoms with E-state index in [-0.39, 0.29) is 17.3 Å². The molecule has 0 bridgehead atoms. The molecule has 0 aliphatic rings. The lowest BCUT2D eigenvalue weighted by Gasteiger charge is -2.04. The molecule has 2 aromatic rings. The van der Waals surface area contributed by atoms with Gasteiger partial charge in [-0.1, -0.05) is 6.92 Å². The molecule has 0 aromatic carbocycles. The molecular weight excluding hydrogens is 248 g/mol. The first-order valence-electron chi connectivity index (χ1n) is 5.73. The van der Waals surface area contributed by atoms with E-state index in [4.69, 9.17) is 16.2 Å². The van der Waals surface area contributed by atoms with E-state index in [1.807, 2.05) is 6.92 Å². The number of hydrogen-bond donors (Lipinski definition) is 2. The summed E-state index contributed by atoms with van der Waals surface area (Å²) in [5, 5.41) is 3.94. The Morgan fingerprint density at radius 2 is 2.32 bits per heavy atom. The number of hydrogen-bond acceptors (Lipinski definition) is 6. The summed E-state index contributed by atoms with van der Waals surface area (Å²) in [4.78, 5) is 19.3. The molecule has 0 atom stereocenters. The van der Waals surface area contributed by atoms with Crippen molar-refractivity contribution in [3.8, 4) is 11.8 Å². The third-order valence-corrected chi connectivity index (χ3v) is 2.25. The van der Waals surface area contributed by atoms with Crippen molar-refractivity contribution >= 4 is 11.6 Å². The molecule has 8 heteroatoms. The molecule has 0 spiro atoms. The molecular formula is C11H14N6O2. The van der Waals surface area contributed by atoms with Gasteiger partial charge in [0.05, 0.1) is 18.5 Å². The largest absolute Gasteiger partial charge is 0.478 e. The number of nitrogens with two attached hydrogens (primary N) is 2. The maximum Gasteiger partial charge on any atom is 0.271 e. The second kappa shape index (κ2) is 5.34. The molecule has 2 heterocycles. The van der Waals surface area contributed by atoms with Gasteiger partial charge in [-0.3, -0.25) is 4.79 Å². The Morgan fingerprint density at radius 1 is 1.53 bits per heavy atom. The van der Waals surface area contributed by atoms with E-state index in [0.29, 0.717) is 12.5 Å². The van der Waals surface area contributed by atoms with Crippen LogP contribution in [0.4, 0.5) is 5.69 Å². The molecule has 19 heavy (non-hydrogen) atoms. The van der Waals surface area contributed by atoms with Crippen molar-refractivity contribution in [1.82, 2.24) is 19.7 Å². The number of anilines is 1. The van der Waals surface area contributed by atoms with E-state index in [0.717, 1.165) is 6.42 Å². The molecule has 0 saturated carbocycles. The molecule has 100 valence electrons. The van der Waals surface area contributed by atoms with E-state index < -0.39 is 5.91 Å². The highest BCUT2D eigenvalue weighted by Crippen LogP contribution is 2.13. The number of ether oxygens (including phenoxy) is 1. The molecule has 1 amide bonds. The Kier molecular flexibility index (Phi) is 3.60. The lowest BCUT2D eigenvalue weighted by Crippen LogP contribution is -2.14. The minimum Gasteiger partial charge on any atom is -0.478 e. The molecule has 2 aromatic heterocycles. The predicted molar refractivity (Wildman–Crippen MR) is 67.9 cm³/mol. The van der Waals surface area contributed by atoms with Gasteiger partial charge in [-0.05, 0) is 6.42 Å². The van der Waals surface area contributed by atoms with Crippen molar-refractivity contribution in [2.45, 2.75) is 13.3 Å². The van der Waals surface area contributed by atoms with Crippen LogP contribution in [0.1, 0.15) is 23.8 Å². The van der Waals surface area contributed by atoms with Crippen molar-refractivity contribution in [2.24, 2.45) is 5.73 Å². The zero-order chi connectivity index (χ0) is 13.8. The van der Waals surface area contributed by atoms with Gasteiger partial charge in [-0.2, -0.15) is 10.1 Å². The summed E-state index contributed by atoms with van der Waals surface area (Å²) in [6, 6.07) is 1.64. The van der Waals surface area contributed by atoms with E-state index in [1.165, 1.54) is 17.1 Å². The molecule has 4 N–H and O–H groups in total. The zero-order valence-corrected chi connectivity index (χ0v) is 10.4. The van der Waals surface area contributed by atoms with E-state index >= 15 is 0 Å². The minimum atomic E-state index is -0.699. The minimum absolute atomic E-state index is 0.0107. The average Bonchev–Trinajstić information content (AvgIpc) is 2.79. The third kappa shape index (κ3) is 2.79. The van der Waals surface area contributed by atoms with Crippen LogP contribution < -0.4 is 16.2 Å². The standard InChI is InChI=1S/C11H14N6O2/c1-2-5-19-8-3-4-14-11(15-8)17-6-7(12)9(16-17)10(13)18/h3-4,6H,2,5,12H2,1H3,(H2,13,18). The summed E-state index contributed by atoms with van der Waals surface area (Å²) in [5.74, 6) is -0.0102. The van der Waals surface area contributed by atoms with Crippen LogP contribution in [-0.4, -0.2) is 32.3 Å². The highest BCUT2D eigenvalue weighted by Gasteiger charge is 2.13. The van der Waals surface area contributed by atoms with Crippen molar-refractivity contribution in [1.29, 1.82) is 0 Å². The summed E-state index contributed by atoms with van der Waals surface area (Å²) in [7, 11) is 0. The third-order valence-electron chi connectivity index (χ3n) is 2.25. The highest BCUT2D eigenvalue weighted by atomic mass is 16.5. The molecule has 0 fully saturated rings. The van der Waals surface area contributed by atoms with Crippen molar-refractivity contribution in [2.75, 3.05) is 12.3 Å². The summed E-state index contributed by atoms with van der Waals surface area (Å²) >= 11 is 0. The summed E-state index contributed by atoms with van der Waals surface area (Å²) in [6.45, 7) is 2.56. The van der Waals surface area contributed by atoms with Gasteiger partial charge in [0.25, 0.3) is 11.9 Å². The number of primary amides is 1. The molecule has 0 unspecified atom stereocenters. The lowest BCUT2D eigenvalue weighted by atomic mass is 10.4. The van der Waals surface area contributed by atoms with Gasteiger partial charge in [0.2, 0.25) is 5.88 Å². The summed E-state index contributed by atoms with van der Waals surface area (Å²) < 4.78 is 6.67. The van der Waals surface area contributed by atoms with Crippen LogP contribution in [0.15, 0.2) is 18.5 Å². The summed E-state index contributed by atoms with van der Waals surface area (Å²) in [5.41, 5.74) is 10.9. The van der Waals surface area contributed by atoms with E-state index in [1.54, 1.807) is 6.07 Å². The molecule has 0 aliphatic heterocycles. The molecule has 2 rings (SSSR count). The first-order valence-corrected chi connectivity index (χ1v) is 5.73. The maximum atomic E-state index is 11.1. The van der Waals surface area contributed by atoms with Gasteiger partial charge in [0.15, 0.2) is 5.69 Å². The first-order chi connectivity index (χ1) is 9.11. The fourth-order valence-corrected chi connectivity index (χ4v) is 1.41. The van der Waals surface area contributed by atoms with Crippen LogP contribution in [0.3, 0.4) is 0 Å². The van der Waals surface area contributed by atoms with Crippen LogP contribution in [-0.2, 0) is 0 Å². The average molecular weight is 262 g/mol. The number of carbonyl (C=O) groups is 1. The van der Waals surface area contributed by atoms with Crippen LogP contribution in [0.2, 0.25) is 0 Å². The Balaban J connectivity index is 2.31. The highest BCUT2D eigenvalue weighted by molar-refractivity contribution is 5.95. The topological polar surface area (TPSA) is 122 Å². The van der Waals surface area contributed by atoms with Crippen LogP contribution in [0.5, 0.6) is 5.88 Å². The Bertz CT molecular complexity index is 595. The van der Waals surface area contributed by atoms with Gasteiger partial charge in [0, 0.05) is 12.3 Å². The van der Waals surface area contributed by atoms with Gasteiger partial charge in [0.1, 0.15) is 0 Å². The molecule has 0 aliphatic carbocycles. The Morgan fingerprint density at radius 3 is 2.95 bits per heavy atom. The second-order valence-corrected chi connectivity index (χ2v) is 3.79. The number of rotatable bonds is 5. The number of aromatic nitrogens is 4. The van der Waals surface area contributed by atoms with Crippen LogP contribution in [0, 0.1) is 0 Å². The fourth-order valence-electron chi connectivity index (χ4n) is 1.41. The van der Waals surface area contributed by atoms with Gasteiger partial charge in [-0.25, -0.2) is 9.67 Å². The van der Waals surface area contributed by atoms with Crippen LogP contribution in [0.25, 0.3) is 5.95 Å². The van der Waals surface area contributed by atoms with E-state index in [2.05, 4.69) is 15.1 Å². The van der Waals surface area contributed by atoms with Crippen molar-refractivity contribution in [3.63, 3.8) is 0 Å². The van der Waals surface area contributed by atoms with Crippen molar-refractivity contribution in [3.05, 3.63) is 24.2 Å². The number of carbonyl (C=O) groups excluding carboxylic acids is 1. The number of nitrogens with zero attached hydrogens (tertiary/aromatic N) is 4. The second-order valence-electron chi connectivity index (χ2n) is 3.79. The quantitative estimate of drug-likeness (QED) is 0.789. The normalized spacial score (nSPS) is 10.4. The molecule has 0 radical (unpaired) electrons. The predicted octanol–water partition coefficient (Wildman–Crippen LogP) is 0.132. The molecule has 8 nitrogen and oxygen atoms in total. The monoisotopic (exact) mass is 262 g/mol. The van der Waals surface area contributed by atoms with Crippen LogP contribution >= 0.6 is 0 Å². The SMILES string of the molecule is CCCOc1ccnc(-n2cc(N)c(C(N)=O)n2)n1.